The summed E-state index contributed by atoms with van der Waals surface area (Å²) >= 11 is 0. The number of hydrogen-bond donors (Lipinski definition) is 3. The molecule has 2 aromatic carbocycles. The fraction of sp³-hybridized carbons (Fsp3) is 0.286. The summed E-state index contributed by atoms with van der Waals surface area (Å²) in [4.78, 5) is 45.3. The molecule has 1 unspecified atom stereocenters. The van der Waals surface area contributed by atoms with Crippen molar-refractivity contribution in [2.45, 2.75) is 45.6 Å². The van der Waals surface area contributed by atoms with E-state index in [1.54, 1.807) is 12.1 Å². The standard InChI is InChI=1S/C35H38N4O5/c1-35(2,24-37-34(43)30(22-32(40)41)39-33(42)27-16-11-18-36-23-27)17-9-10-19-44-31-21-28(25-12-5-3-6-13-25)20-29(38-31)26-14-7-4-8-15-26/h3-8,11-16,18,20-21,23,30H,9-10,17,19,22,24H2,1-2H3,(H,37,43)(H,39,42)(H,40,41). The van der Waals surface area contributed by atoms with Crippen LogP contribution in [0.5, 0.6) is 5.88 Å². The topological polar surface area (TPSA) is 131 Å². The van der Waals surface area contributed by atoms with Crippen LogP contribution in [-0.4, -0.2) is 52.1 Å². The highest BCUT2D eigenvalue weighted by Gasteiger charge is 2.26. The highest BCUT2D eigenvalue weighted by Crippen LogP contribution is 2.29. The number of aliphatic carboxylic acids is 1. The third-order valence-corrected chi connectivity index (χ3v) is 7.14. The molecule has 0 aliphatic carbocycles. The Labute approximate surface area is 257 Å². The Kier molecular flexibility index (Phi) is 11.2. The number of hydrogen-bond acceptors (Lipinski definition) is 6. The van der Waals surface area contributed by atoms with E-state index in [2.05, 4.69) is 33.8 Å². The molecule has 0 aliphatic heterocycles. The number of nitrogens with one attached hydrogen (secondary N) is 2. The number of unbranched alkanes of at least 4 members (excludes halogenated alkanes) is 1. The molecule has 9 nitrogen and oxygen atoms in total. The lowest BCUT2D eigenvalue weighted by Gasteiger charge is -2.26. The minimum Gasteiger partial charge on any atom is -0.481 e. The SMILES string of the molecule is CC(C)(CCCCOc1cc(-c2ccccc2)cc(-c2ccccc2)n1)CNC(=O)C(CC(=O)O)NC(=O)c1cccnc1. The first-order valence-corrected chi connectivity index (χ1v) is 14.7. The van der Waals surface area contributed by atoms with Gasteiger partial charge in [0.25, 0.3) is 5.91 Å². The quantitative estimate of drug-likeness (QED) is 0.149. The maximum atomic E-state index is 12.9. The summed E-state index contributed by atoms with van der Waals surface area (Å²) in [7, 11) is 0. The van der Waals surface area contributed by atoms with Crippen molar-refractivity contribution < 1.29 is 24.2 Å². The molecule has 2 aromatic heterocycles. The van der Waals surface area contributed by atoms with Gasteiger partial charge in [-0.1, -0.05) is 74.5 Å². The molecule has 4 rings (SSSR count). The van der Waals surface area contributed by atoms with Gasteiger partial charge in [-0.25, -0.2) is 4.98 Å². The van der Waals surface area contributed by atoms with Gasteiger partial charge in [0.05, 0.1) is 24.3 Å². The third-order valence-electron chi connectivity index (χ3n) is 7.14. The van der Waals surface area contributed by atoms with Gasteiger partial charge in [-0.15, -0.1) is 0 Å². The lowest BCUT2D eigenvalue weighted by Crippen LogP contribution is -2.49. The predicted octanol–water partition coefficient (Wildman–Crippen LogP) is 5.78. The molecule has 0 fully saturated rings. The molecule has 0 saturated carbocycles. The minimum atomic E-state index is -1.20. The third kappa shape index (κ3) is 9.76. The molecule has 3 N–H and O–H groups in total. The van der Waals surface area contributed by atoms with Crippen LogP contribution in [0.15, 0.2) is 97.3 Å². The number of carboxylic acid groups (broad SMARTS) is 1. The Morgan fingerprint density at radius 1 is 0.886 bits per heavy atom. The molecule has 0 spiro atoms. The average Bonchev–Trinajstić information content (AvgIpc) is 3.04. The van der Waals surface area contributed by atoms with Crippen LogP contribution in [0.3, 0.4) is 0 Å². The van der Waals surface area contributed by atoms with Gasteiger partial charge in [0.2, 0.25) is 11.8 Å². The van der Waals surface area contributed by atoms with E-state index in [0.29, 0.717) is 19.0 Å². The monoisotopic (exact) mass is 594 g/mol. The zero-order valence-electron chi connectivity index (χ0n) is 25.0. The summed E-state index contributed by atoms with van der Waals surface area (Å²) in [6.45, 7) is 4.88. The van der Waals surface area contributed by atoms with E-state index in [0.717, 1.165) is 41.6 Å². The lowest BCUT2D eigenvalue weighted by molar-refractivity contribution is -0.139. The molecule has 1 atom stereocenters. The normalized spacial score (nSPS) is 11.8. The van der Waals surface area contributed by atoms with E-state index in [4.69, 9.17) is 9.72 Å². The fourth-order valence-corrected chi connectivity index (χ4v) is 4.68. The number of ether oxygens (including phenoxy) is 1. The first-order valence-electron chi connectivity index (χ1n) is 14.7. The highest BCUT2D eigenvalue weighted by molar-refractivity contribution is 5.98. The van der Waals surface area contributed by atoms with E-state index in [1.807, 2.05) is 68.4 Å². The Morgan fingerprint density at radius 2 is 1.59 bits per heavy atom. The fourth-order valence-electron chi connectivity index (χ4n) is 4.68. The van der Waals surface area contributed by atoms with E-state index in [1.165, 1.54) is 12.4 Å². The van der Waals surface area contributed by atoms with Crippen LogP contribution >= 0.6 is 0 Å². The first-order chi connectivity index (χ1) is 21.2. The van der Waals surface area contributed by atoms with Gasteiger partial charge in [0.1, 0.15) is 6.04 Å². The average molecular weight is 595 g/mol. The van der Waals surface area contributed by atoms with E-state index >= 15 is 0 Å². The summed E-state index contributed by atoms with van der Waals surface area (Å²) < 4.78 is 6.10. The Hall–Kier alpha value is -5.05. The molecule has 2 heterocycles. The van der Waals surface area contributed by atoms with E-state index < -0.39 is 30.2 Å². The van der Waals surface area contributed by atoms with Crippen molar-refractivity contribution in [1.29, 1.82) is 0 Å². The number of aromatic nitrogens is 2. The van der Waals surface area contributed by atoms with Gasteiger partial charge in [-0.2, -0.15) is 0 Å². The van der Waals surface area contributed by atoms with Crippen LogP contribution in [0, 0.1) is 5.41 Å². The minimum absolute atomic E-state index is 0.247. The summed E-state index contributed by atoms with van der Waals surface area (Å²) in [5.41, 5.74) is 3.96. The largest absolute Gasteiger partial charge is 0.481 e. The molecular weight excluding hydrogens is 556 g/mol. The molecule has 0 aliphatic rings. The summed E-state index contributed by atoms with van der Waals surface area (Å²) in [5.74, 6) is -1.72. The number of nitrogens with zero attached hydrogens (tertiary/aromatic N) is 2. The van der Waals surface area contributed by atoms with E-state index in [-0.39, 0.29) is 11.0 Å². The van der Waals surface area contributed by atoms with Gasteiger partial charge < -0.3 is 20.5 Å². The molecular formula is C35H38N4O5. The first kappa shape index (κ1) is 31.9. The second-order valence-corrected chi connectivity index (χ2v) is 11.4. The van der Waals surface area contributed by atoms with Crippen LogP contribution in [0.1, 0.15) is 49.9 Å². The molecule has 9 heteroatoms. The lowest BCUT2D eigenvalue weighted by atomic mass is 9.87. The van der Waals surface area contributed by atoms with Crippen molar-refractivity contribution in [2.24, 2.45) is 5.41 Å². The maximum absolute atomic E-state index is 12.9. The number of rotatable bonds is 15. The number of pyridine rings is 2. The van der Waals surface area contributed by atoms with Gasteiger partial charge >= 0.3 is 5.97 Å². The molecule has 228 valence electrons. The second-order valence-electron chi connectivity index (χ2n) is 11.4. The summed E-state index contributed by atoms with van der Waals surface area (Å²) in [5, 5.41) is 14.6. The second kappa shape index (κ2) is 15.4. The number of benzene rings is 2. The Balaban J connectivity index is 1.28. The molecule has 0 bridgehead atoms. The van der Waals surface area contributed by atoms with Gasteiger partial charge in [-0.05, 0) is 54.0 Å². The van der Waals surface area contributed by atoms with Crippen molar-refractivity contribution in [3.8, 4) is 28.3 Å². The van der Waals surface area contributed by atoms with Gasteiger partial charge in [0.15, 0.2) is 0 Å². The molecule has 0 saturated heterocycles. The molecule has 2 amide bonds. The molecule has 4 aromatic rings. The number of carbonyl (C=O) groups is 3. The van der Waals surface area contributed by atoms with E-state index in [9.17, 15) is 19.5 Å². The number of carbonyl (C=O) groups excluding carboxylic acids is 2. The maximum Gasteiger partial charge on any atom is 0.305 e. The van der Waals surface area contributed by atoms with Crippen molar-refractivity contribution >= 4 is 17.8 Å². The van der Waals surface area contributed by atoms with Crippen molar-refractivity contribution in [1.82, 2.24) is 20.6 Å². The number of carboxylic acids is 1. The Morgan fingerprint density at radius 3 is 2.25 bits per heavy atom. The predicted molar refractivity (Wildman–Crippen MR) is 169 cm³/mol. The van der Waals surface area contributed by atoms with Crippen molar-refractivity contribution in [3.05, 3.63) is 103 Å². The smallest absolute Gasteiger partial charge is 0.305 e. The molecule has 0 radical (unpaired) electrons. The molecule has 44 heavy (non-hydrogen) atoms. The highest BCUT2D eigenvalue weighted by atomic mass is 16.5. The zero-order chi connectivity index (χ0) is 31.4. The van der Waals surface area contributed by atoms with Gasteiger partial charge in [0, 0.05) is 30.6 Å². The van der Waals surface area contributed by atoms with Crippen LogP contribution in [0.25, 0.3) is 22.4 Å². The van der Waals surface area contributed by atoms with Crippen molar-refractivity contribution in [2.75, 3.05) is 13.2 Å². The number of amides is 2. The summed E-state index contributed by atoms with van der Waals surface area (Å²) in [6, 6.07) is 26.1. The zero-order valence-corrected chi connectivity index (χ0v) is 25.0. The van der Waals surface area contributed by atoms with Crippen LogP contribution in [-0.2, 0) is 9.59 Å². The van der Waals surface area contributed by atoms with Crippen LogP contribution in [0.4, 0.5) is 0 Å². The van der Waals surface area contributed by atoms with Crippen molar-refractivity contribution in [3.63, 3.8) is 0 Å². The summed E-state index contributed by atoms with van der Waals surface area (Å²) in [6.07, 6.45) is 4.79. The Bertz CT molecular complexity index is 1470. The van der Waals surface area contributed by atoms with Gasteiger partial charge in [-0.3, -0.25) is 19.4 Å². The van der Waals surface area contributed by atoms with Crippen LogP contribution < -0.4 is 15.4 Å². The van der Waals surface area contributed by atoms with Crippen LogP contribution in [0.2, 0.25) is 0 Å².